The molecule has 3 aromatic rings. The highest BCUT2D eigenvalue weighted by atomic mass is 32.2. The molecule has 0 radical (unpaired) electrons. The molecule has 0 aliphatic heterocycles. The van der Waals surface area contributed by atoms with Gasteiger partial charge >= 0.3 is 0 Å². The third-order valence-electron chi connectivity index (χ3n) is 4.52. The molecular formula is C22H22FN3O5S2. The first-order chi connectivity index (χ1) is 15.5. The van der Waals surface area contributed by atoms with Crippen LogP contribution in [-0.2, 0) is 24.8 Å². The van der Waals surface area contributed by atoms with E-state index in [9.17, 15) is 26.0 Å². The molecular weight excluding hydrogens is 469 g/mol. The molecule has 3 aromatic carbocycles. The molecule has 0 fully saturated rings. The van der Waals surface area contributed by atoms with E-state index >= 15 is 0 Å². The number of halogens is 1. The zero-order valence-electron chi connectivity index (χ0n) is 17.6. The zero-order chi connectivity index (χ0) is 24.1. The van der Waals surface area contributed by atoms with E-state index < -0.39 is 31.8 Å². The number of rotatable bonds is 9. The predicted octanol–water partition coefficient (Wildman–Crippen LogP) is 3.24. The maximum atomic E-state index is 12.9. The molecule has 0 bridgehead atoms. The smallest absolute Gasteiger partial charge is 0.261 e. The van der Waals surface area contributed by atoms with Crippen LogP contribution in [0, 0.1) is 12.7 Å². The number of amides is 1. The highest BCUT2D eigenvalue weighted by Gasteiger charge is 2.16. The Morgan fingerprint density at radius 2 is 1.27 bits per heavy atom. The summed E-state index contributed by atoms with van der Waals surface area (Å²) < 4.78 is 67.0. The van der Waals surface area contributed by atoms with Crippen LogP contribution in [0.2, 0.25) is 0 Å². The number of hydrogen-bond donors (Lipinski definition) is 3. The second-order valence-electron chi connectivity index (χ2n) is 7.15. The molecule has 33 heavy (non-hydrogen) atoms. The summed E-state index contributed by atoms with van der Waals surface area (Å²) in [5.74, 6) is -1.02. The lowest BCUT2D eigenvalue weighted by Crippen LogP contribution is -2.27. The molecule has 0 aliphatic rings. The van der Waals surface area contributed by atoms with Crippen LogP contribution in [0.5, 0.6) is 0 Å². The molecule has 0 aromatic heterocycles. The molecule has 0 heterocycles. The molecule has 8 nitrogen and oxygen atoms in total. The van der Waals surface area contributed by atoms with Crippen molar-refractivity contribution >= 4 is 37.3 Å². The number of sulfonamides is 2. The van der Waals surface area contributed by atoms with E-state index in [1.807, 2.05) is 6.92 Å². The first kappa shape index (κ1) is 24.4. The average molecular weight is 492 g/mol. The van der Waals surface area contributed by atoms with E-state index in [2.05, 4.69) is 14.8 Å². The van der Waals surface area contributed by atoms with Gasteiger partial charge in [-0.2, -0.15) is 0 Å². The summed E-state index contributed by atoms with van der Waals surface area (Å²) in [7, 11) is -7.66. The van der Waals surface area contributed by atoms with Crippen LogP contribution >= 0.6 is 0 Å². The van der Waals surface area contributed by atoms with Gasteiger partial charge in [0.15, 0.2) is 0 Å². The van der Waals surface area contributed by atoms with E-state index in [-0.39, 0.29) is 22.8 Å². The maximum Gasteiger partial charge on any atom is 0.261 e. The Kier molecular flexibility index (Phi) is 7.46. The van der Waals surface area contributed by atoms with E-state index in [1.165, 1.54) is 24.3 Å². The summed E-state index contributed by atoms with van der Waals surface area (Å²) >= 11 is 0. The number of aryl methyl sites for hydroxylation is 1. The Morgan fingerprint density at radius 1 is 0.758 bits per heavy atom. The Morgan fingerprint density at radius 3 is 1.88 bits per heavy atom. The Labute approximate surface area is 192 Å². The lowest BCUT2D eigenvalue weighted by molar-refractivity contribution is -0.116. The number of hydrogen-bond acceptors (Lipinski definition) is 5. The fourth-order valence-electron chi connectivity index (χ4n) is 2.77. The van der Waals surface area contributed by atoms with Crippen LogP contribution in [0.1, 0.15) is 12.0 Å². The van der Waals surface area contributed by atoms with E-state index in [0.29, 0.717) is 11.4 Å². The number of benzene rings is 3. The lowest BCUT2D eigenvalue weighted by atomic mass is 10.2. The van der Waals surface area contributed by atoms with Crippen molar-refractivity contribution in [3.8, 4) is 0 Å². The van der Waals surface area contributed by atoms with Gasteiger partial charge in [0, 0.05) is 24.3 Å². The van der Waals surface area contributed by atoms with E-state index in [1.54, 1.807) is 24.3 Å². The third kappa shape index (κ3) is 6.85. The normalized spacial score (nSPS) is 11.7. The number of anilines is 2. The molecule has 0 saturated heterocycles. The fourth-order valence-corrected chi connectivity index (χ4v) is 4.86. The quantitative estimate of drug-likeness (QED) is 0.424. The summed E-state index contributed by atoms with van der Waals surface area (Å²) in [5.41, 5.74) is 1.79. The summed E-state index contributed by atoms with van der Waals surface area (Å²) in [6, 6.07) is 16.8. The Hall–Kier alpha value is -3.28. The van der Waals surface area contributed by atoms with Gasteiger partial charge in [-0.3, -0.25) is 9.52 Å². The van der Waals surface area contributed by atoms with Crippen LogP contribution in [0.3, 0.4) is 0 Å². The molecule has 0 unspecified atom stereocenters. The standard InChI is InChI=1S/C22H22FN3O5S2/c1-16-2-6-19(7-3-16)26-33(30,31)21-12-8-18(9-13-21)25-22(27)14-15-24-32(28,29)20-10-4-17(23)5-11-20/h2-13,24,26H,14-15H2,1H3,(H,25,27). The van der Waals surface area contributed by atoms with Gasteiger partial charge in [-0.1, -0.05) is 17.7 Å². The molecule has 0 atom stereocenters. The molecule has 11 heteroatoms. The highest BCUT2D eigenvalue weighted by Crippen LogP contribution is 2.19. The number of nitrogens with one attached hydrogen (secondary N) is 3. The Balaban J connectivity index is 1.53. The van der Waals surface area contributed by atoms with Crippen LogP contribution < -0.4 is 14.8 Å². The minimum absolute atomic E-state index is 0.0214. The third-order valence-corrected chi connectivity index (χ3v) is 7.39. The summed E-state index contributed by atoms with van der Waals surface area (Å²) in [5, 5.41) is 2.57. The summed E-state index contributed by atoms with van der Waals surface area (Å²) in [6.45, 7) is 1.73. The van der Waals surface area contributed by atoms with Crippen molar-refractivity contribution in [2.75, 3.05) is 16.6 Å². The first-order valence-corrected chi connectivity index (χ1v) is 12.8. The van der Waals surface area contributed by atoms with Crippen molar-refractivity contribution in [2.45, 2.75) is 23.1 Å². The molecule has 0 spiro atoms. The van der Waals surface area contributed by atoms with Crippen molar-refractivity contribution in [3.05, 3.63) is 84.2 Å². The van der Waals surface area contributed by atoms with Crippen molar-refractivity contribution in [1.82, 2.24) is 4.72 Å². The maximum absolute atomic E-state index is 12.9. The van der Waals surface area contributed by atoms with Crippen LogP contribution in [0.25, 0.3) is 0 Å². The SMILES string of the molecule is Cc1ccc(NS(=O)(=O)c2ccc(NC(=O)CCNS(=O)(=O)c3ccc(F)cc3)cc2)cc1. The van der Waals surface area contributed by atoms with Gasteiger partial charge in [0.25, 0.3) is 10.0 Å². The second-order valence-corrected chi connectivity index (χ2v) is 10.6. The van der Waals surface area contributed by atoms with Gasteiger partial charge in [-0.25, -0.2) is 25.9 Å². The number of carbonyl (C=O) groups is 1. The minimum Gasteiger partial charge on any atom is -0.326 e. The van der Waals surface area contributed by atoms with Gasteiger partial charge in [0.05, 0.1) is 9.79 Å². The summed E-state index contributed by atoms with van der Waals surface area (Å²) in [4.78, 5) is 12.0. The number of carbonyl (C=O) groups excluding carboxylic acids is 1. The second kappa shape index (κ2) is 10.1. The van der Waals surface area contributed by atoms with Crippen molar-refractivity contribution in [2.24, 2.45) is 0 Å². The Bertz CT molecular complexity index is 1320. The molecule has 0 aliphatic carbocycles. The molecule has 0 saturated carbocycles. The topological polar surface area (TPSA) is 121 Å². The van der Waals surface area contributed by atoms with Gasteiger partial charge in [-0.15, -0.1) is 0 Å². The first-order valence-electron chi connectivity index (χ1n) is 9.80. The molecule has 1 amide bonds. The monoisotopic (exact) mass is 491 g/mol. The molecule has 174 valence electrons. The van der Waals surface area contributed by atoms with Gasteiger partial charge in [0.2, 0.25) is 15.9 Å². The van der Waals surface area contributed by atoms with Gasteiger partial charge < -0.3 is 5.32 Å². The van der Waals surface area contributed by atoms with Crippen LogP contribution in [0.15, 0.2) is 82.6 Å². The van der Waals surface area contributed by atoms with Crippen molar-refractivity contribution < 1.29 is 26.0 Å². The van der Waals surface area contributed by atoms with Crippen LogP contribution in [-0.4, -0.2) is 29.3 Å². The van der Waals surface area contributed by atoms with E-state index in [0.717, 1.165) is 29.8 Å². The van der Waals surface area contributed by atoms with Crippen molar-refractivity contribution in [3.63, 3.8) is 0 Å². The van der Waals surface area contributed by atoms with Crippen molar-refractivity contribution in [1.29, 1.82) is 0 Å². The average Bonchev–Trinajstić information content (AvgIpc) is 2.76. The highest BCUT2D eigenvalue weighted by molar-refractivity contribution is 7.92. The lowest BCUT2D eigenvalue weighted by Gasteiger charge is -2.10. The minimum atomic E-state index is -3.87. The van der Waals surface area contributed by atoms with E-state index in [4.69, 9.17) is 0 Å². The van der Waals surface area contributed by atoms with Crippen LogP contribution in [0.4, 0.5) is 15.8 Å². The molecule has 3 rings (SSSR count). The summed E-state index contributed by atoms with van der Waals surface area (Å²) in [6.07, 6.45) is -0.157. The molecule has 3 N–H and O–H groups in total. The van der Waals surface area contributed by atoms with Gasteiger partial charge in [-0.05, 0) is 67.6 Å². The zero-order valence-corrected chi connectivity index (χ0v) is 19.2. The fraction of sp³-hybridized carbons (Fsp3) is 0.136. The van der Waals surface area contributed by atoms with Gasteiger partial charge in [0.1, 0.15) is 5.82 Å². The largest absolute Gasteiger partial charge is 0.326 e. The predicted molar refractivity (Wildman–Crippen MR) is 123 cm³/mol.